The molecule has 0 unspecified atom stereocenters. The van der Waals surface area contributed by atoms with Gasteiger partial charge in [0.25, 0.3) is 5.91 Å². The summed E-state index contributed by atoms with van der Waals surface area (Å²) in [7, 11) is 1.52. The van der Waals surface area contributed by atoms with Gasteiger partial charge < -0.3 is 24.0 Å². The van der Waals surface area contributed by atoms with Gasteiger partial charge in [-0.1, -0.05) is 0 Å². The van der Waals surface area contributed by atoms with E-state index in [0.717, 1.165) is 23.2 Å². The number of benzene rings is 1. The molecule has 1 aromatic carbocycles. The molecule has 28 heavy (non-hydrogen) atoms. The molecule has 2 aliphatic heterocycles. The van der Waals surface area contributed by atoms with Crippen molar-refractivity contribution in [2.75, 3.05) is 38.3 Å². The molecule has 1 atom stereocenters. The molecule has 0 saturated heterocycles. The van der Waals surface area contributed by atoms with Crippen molar-refractivity contribution in [1.82, 2.24) is 4.90 Å². The summed E-state index contributed by atoms with van der Waals surface area (Å²) in [5, 5.41) is 0. The lowest BCUT2D eigenvalue weighted by molar-refractivity contribution is -0.122. The number of rotatable bonds is 2. The lowest BCUT2D eigenvalue weighted by Gasteiger charge is -2.35. The van der Waals surface area contributed by atoms with Crippen LogP contribution in [0.1, 0.15) is 38.8 Å². The lowest BCUT2D eigenvalue weighted by atomic mass is 9.99. The number of hydrogen-bond acceptors (Lipinski definition) is 5. The van der Waals surface area contributed by atoms with E-state index in [1.54, 1.807) is 9.80 Å². The highest BCUT2D eigenvalue weighted by Crippen LogP contribution is 2.37. The summed E-state index contributed by atoms with van der Waals surface area (Å²) >= 11 is 0. The number of methoxy groups -OCH3 is 1. The first-order chi connectivity index (χ1) is 13.2. The van der Waals surface area contributed by atoms with Gasteiger partial charge in [0.15, 0.2) is 0 Å². The van der Waals surface area contributed by atoms with Crippen molar-refractivity contribution in [3.05, 3.63) is 23.3 Å². The predicted molar refractivity (Wildman–Crippen MR) is 106 cm³/mol. The molecule has 3 rings (SSSR count). The van der Waals surface area contributed by atoms with Gasteiger partial charge in [-0.2, -0.15) is 0 Å². The minimum atomic E-state index is -0.512. The van der Waals surface area contributed by atoms with E-state index in [0.29, 0.717) is 31.9 Å². The molecule has 2 heterocycles. The third kappa shape index (κ3) is 4.41. The van der Waals surface area contributed by atoms with Gasteiger partial charge in [-0.25, -0.2) is 4.79 Å². The molecule has 0 spiro atoms. The SMILES string of the molecule is COCC(=O)N1c2cc3c(cc2OC[C@H]1C)CCN(C(=O)OC(C)(C)C)CC3. The van der Waals surface area contributed by atoms with Crippen molar-refractivity contribution in [3.63, 3.8) is 0 Å². The van der Waals surface area contributed by atoms with Crippen LogP contribution in [0.4, 0.5) is 10.5 Å². The first-order valence-electron chi connectivity index (χ1n) is 9.77. The summed E-state index contributed by atoms with van der Waals surface area (Å²) in [4.78, 5) is 28.5. The summed E-state index contributed by atoms with van der Waals surface area (Å²) < 4.78 is 16.5. The number of hydrogen-bond donors (Lipinski definition) is 0. The molecule has 1 aromatic rings. The predicted octanol–water partition coefficient (Wildman–Crippen LogP) is 2.78. The maximum absolute atomic E-state index is 12.6. The van der Waals surface area contributed by atoms with E-state index in [1.807, 2.05) is 39.8 Å². The Morgan fingerprint density at radius 3 is 2.43 bits per heavy atom. The number of ether oxygens (including phenoxy) is 3. The van der Waals surface area contributed by atoms with Gasteiger partial charge in [-0.05, 0) is 63.8 Å². The highest BCUT2D eigenvalue weighted by molar-refractivity contribution is 5.97. The van der Waals surface area contributed by atoms with Crippen molar-refractivity contribution in [3.8, 4) is 5.75 Å². The van der Waals surface area contributed by atoms with Gasteiger partial charge in [0.1, 0.15) is 24.6 Å². The molecule has 0 aromatic heterocycles. The van der Waals surface area contributed by atoms with Gasteiger partial charge in [0.05, 0.1) is 11.7 Å². The second kappa shape index (κ2) is 7.99. The minimum Gasteiger partial charge on any atom is -0.489 e. The van der Waals surface area contributed by atoms with Gasteiger partial charge in [0.2, 0.25) is 0 Å². The molecule has 2 amide bonds. The van der Waals surface area contributed by atoms with E-state index in [2.05, 4.69) is 0 Å². The highest BCUT2D eigenvalue weighted by Gasteiger charge is 2.31. The van der Waals surface area contributed by atoms with E-state index in [4.69, 9.17) is 14.2 Å². The fraction of sp³-hybridized carbons (Fsp3) is 0.619. The Labute approximate surface area is 166 Å². The van der Waals surface area contributed by atoms with Gasteiger partial charge >= 0.3 is 6.09 Å². The van der Waals surface area contributed by atoms with Crippen molar-refractivity contribution in [2.45, 2.75) is 52.2 Å². The van der Waals surface area contributed by atoms with Crippen LogP contribution >= 0.6 is 0 Å². The Morgan fingerprint density at radius 2 is 1.82 bits per heavy atom. The van der Waals surface area contributed by atoms with Crippen LogP contribution in [0.25, 0.3) is 0 Å². The van der Waals surface area contributed by atoms with E-state index >= 15 is 0 Å². The Hall–Kier alpha value is -2.28. The van der Waals surface area contributed by atoms with Crippen LogP contribution in [-0.2, 0) is 27.1 Å². The van der Waals surface area contributed by atoms with Gasteiger partial charge in [-0.3, -0.25) is 4.79 Å². The monoisotopic (exact) mass is 390 g/mol. The van der Waals surface area contributed by atoms with Gasteiger partial charge in [-0.15, -0.1) is 0 Å². The molecule has 154 valence electrons. The largest absolute Gasteiger partial charge is 0.489 e. The smallest absolute Gasteiger partial charge is 0.410 e. The number of amides is 2. The molecule has 2 aliphatic rings. The highest BCUT2D eigenvalue weighted by atomic mass is 16.6. The molecule has 0 N–H and O–H groups in total. The fourth-order valence-corrected chi connectivity index (χ4v) is 3.65. The Kier molecular flexibility index (Phi) is 5.84. The van der Waals surface area contributed by atoms with E-state index in [9.17, 15) is 9.59 Å². The molecule has 0 radical (unpaired) electrons. The van der Waals surface area contributed by atoms with E-state index < -0.39 is 5.60 Å². The summed E-state index contributed by atoms with van der Waals surface area (Å²) in [6.07, 6.45) is 1.15. The molecule has 0 bridgehead atoms. The van der Waals surface area contributed by atoms with Crippen LogP contribution < -0.4 is 9.64 Å². The summed E-state index contributed by atoms with van der Waals surface area (Å²) in [6.45, 7) is 9.25. The second-order valence-corrected chi connectivity index (χ2v) is 8.41. The Bertz CT molecular complexity index is 756. The average molecular weight is 390 g/mol. The van der Waals surface area contributed by atoms with Gasteiger partial charge in [0, 0.05) is 20.2 Å². The molecule has 0 saturated carbocycles. The van der Waals surface area contributed by atoms with Crippen LogP contribution in [0.5, 0.6) is 5.75 Å². The average Bonchev–Trinajstić information content (AvgIpc) is 2.80. The Balaban J connectivity index is 1.83. The normalized spacial score (nSPS) is 19.2. The quantitative estimate of drug-likeness (QED) is 0.777. The van der Waals surface area contributed by atoms with E-state index in [-0.39, 0.29) is 24.6 Å². The maximum Gasteiger partial charge on any atom is 0.410 e. The first-order valence-corrected chi connectivity index (χ1v) is 9.77. The van der Waals surface area contributed by atoms with Crippen LogP contribution in [0.2, 0.25) is 0 Å². The minimum absolute atomic E-state index is 0.0350. The number of carbonyl (C=O) groups excluding carboxylic acids is 2. The number of fused-ring (bicyclic) bond motifs is 2. The van der Waals surface area contributed by atoms with Crippen molar-refractivity contribution in [1.29, 1.82) is 0 Å². The van der Waals surface area contributed by atoms with Crippen LogP contribution in [-0.4, -0.2) is 62.0 Å². The fourth-order valence-electron chi connectivity index (χ4n) is 3.65. The molecule has 0 fully saturated rings. The molecule has 0 aliphatic carbocycles. The van der Waals surface area contributed by atoms with Crippen LogP contribution in [0.3, 0.4) is 0 Å². The van der Waals surface area contributed by atoms with Crippen LogP contribution in [0, 0.1) is 0 Å². The number of anilines is 1. The second-order valence-electron chi connectivity index (χ2n) is 8.41. The zero-order valence-electron chi connectivity index (χ0n) is 17.4. The van der Waals surface area contributed by atoms with Crippen molar-refractivity contribution >= 4 is 17.7 Å². The third-order valence-electron chi connectivity index (χ3n) is 4.95. The lowest BCUT2D eigenvalue weighted by Crippen LogP contribution is -2.46. The summed E-state index contributed by atoms with van der Waals surface area (Å²) in [5.41, 5.74) is 2.56. The molecule has 7 heteroatoms. The van der Waals surface area contributed by atoms with Crippen molar-refractivity contribution < 1.29 is 23.8 Å². The molecule has 7 nitrogen and oxygen atoms in total. The standard InChI is InChI=1S/C21H30N2O5/c1-14-12-27-18-11-16-7-9-22(20(25)28-21(2,3)4)8-6-15(16)10-17(18)23(14)19(24)13-26-5/h10-11,14H,6-9,12-13H2,1-5H3/t14-/m1/s1. The first kappa shape index (κ1) is 20.5. The molecular weight excluding hydrogens is 360 g/mol. The number of nitrogens with zero attached hydrogens (tertiary/aromatic N) is 2. The molecular formula is C21H30N2O5. The van der Waals surface area contributed by atoms with Crippen molar-refractivity contribution in [2.24, 2.45) is 0 Å². The summed E-state index contributed by atoms with van der Waals surface area (Å²) in [6, 6.07) is 3.99. The zero-order valence-corrected chi connectivity index (χ0v) is 17.4. The Morgan fingerprint density at radius 1 is 1.18 bits per heavy atom. The maximum atomic E-state index is 12.6. The topological polar surface area (TPSA) is 68.3 Å². The summed E-state index contributed by atoms with van der Waals surface area (Å²) in [5.74, 6) is 0.635. The zero-order chi connectivity index (χ0) is 20.5. The van der Waals surface area contributed by atoms with Crippen LogP contribution in [0.15, 0.2) is 12.1 Å². The van der Waals surface area contributed by atoms with E-state index in [1.165, 1.54) is 7.11 Å². The third-order valence-corrected chi connectivity index (χ3v) is 4.95. The number of carbonyl (C=O) groups is 2.